The van der Waals surface area contributed by atoms with Crippen LogP contribution in [0, 0.1) is 5.92 Å². The molecule has 2 rings (SSSR count). The fraction of sp³-hybridized carbons (Fsp3) is 0.500. The molecule has 1 unspecified atom stereocenters. The lowest BCUT2D eigenvalue weighted by Gasteiger charge is -2.08. The van der Waals surface area contributed by atoms with Crippen LogP contribution in [0.4, 0.5) is 0 Å². The molecule has 0 bridgehead atoms. The molecule has 1 nitrogen and oxygen atoms in total. The second kappa shape index (κ2) is 6.29. The van der Waals surface area contributed by atoms with Crippen molar-refractivity contribution in [1.82, 2.24) is 0 Å². The molecule has 0 saturated heterocycles. The number of halogens is 1. The van der Waals surface area contributed by atoms with Crippen LogP contribution in [0.2, 0.25) is 5.02 Å². The molecule has 98 valence electrons. The largest absolute Gasteiger partial charge is 0.497 e. The smallest absolute Gasteiger partial charge is 0.0999 e. The molecular weight excluding hydrogens is 244 g/mol. The zero-order chi connectivity index (χ0) is 13.0. The molecule has 0 saturated carbocycles. The molecule has 0 N–H and O–H groups in total. The highest BCUT2D eigenvalue weighted by molar-refractivity contribution is 6.30. The quantitative estimate of drug-likeness (QED) is 0.728. The highest BCUT2D eigenvalue weighted by Gasteiger charge is 2.22. The van der Waals surface area contributed by atoms with E-state index in [0.717, 1.165) is 18.1 Å². The average Bonchev–Trinajstić information content (AvgIpc) is 2.71. The van der Waals surface area contributed by atoms with Crippen LogP contribution in [0.1, 0.15) is 38.7 Å². The Kier molecular flexibility index (Phi) is 4.71. The topological polar surface area (TPSA) is 9.23 Å². The van der Waals surface area contributed by atoms with Gasteiger partial charge in [0, 0.05) is 17.4 Å². The number of ether oxygens (including phenoxy) is 1. The molecule has 0 fully saturated rings. The van der Waals surface area contributed by atoms with Gasteiger partial charge in [-0.3, -0.25) is 0 Å². The third-order valence-corrected chi connectivity index (χ3v) is 3.79. The first-order valence-electron chi connectivity index (χ1n) is 6.80. The van der Waals surface area contributed by atoms with Crippen molar-refractivity contribution < 1.29 is 4.74 Å². The predicted octanol–water partition coefficient (Wildman–Crippen LogP) is 4.99. The summed E-state index contributed by atoms with van der Waals surface area (Å²) >= 11 is 5.91. The normalized spacial score (nSPS) is 19.2. The summed E-state index contributed by atoms with van der Waals surface area (Å²) in [6.07, 6.45) is 4.58. The summed E-state index contributed by atoms with van der Waals surface area (Å²) in [4.78, 5) is 0. The number of hydrogen-bond donors (Lipinski definition) is 0. The molecule has 1 aromatic carbocycles. The van der Waals surface area contributed by atoms with E-state index in [2.05, 4.69) is 26.0 Å². The third kappa shape index (κ3) is 3.29. The minimum Gasteiger partial charge on any atom is -0.497 e. The zero-order valence-electron chi connectivity index (χ0n) is 11.2. The standard InChI is InChI=1S/C16H21ClO/c1-3-4-5-15-12(2)11-18-16(15)10-13-6-8-14(17)9-7-13/h6-9,12H,3-5,10-11H2,1-2H3. The van der Waals surface area contributed by atoms with Crippen molar-refractivity contribution in [3.63, 3.8) is 0 Å². The first kappa shape index (κ1) is 13.5. The van der Waals surface area contributed by atoms with Crippen LogP contribution < -0.4 is 0 Å². The van der Waals surface area contributed by atoms with Crippen LogP contribution in [0.15, 0.2) is 35.6 Å². The summed E-state index contributed by atoms with van der Waals surface area (Å²) < 4.78 is 5.86. The first-order valence-corrected chi connectivity index (χ1v) is 7.17. The lowest BCUT2D eigenvalue weighted by atomic mass is 9.95. The van der Waals surface area contributed by atoms with Gasteiger partial charge in [-0.15, -0.1) is 0 Å². The number of benzene rings is 1. The van der Waals surface area contributed by atoms with Gasteiger partial charge >= 0.3 is 0 Å². The minimum atomic E-state index is 0.582. The van der Waals surface area contributed by atoms with Crippen LogP contribution in [0.3, 0.4) is 0 Å². The number of unbranched alkanes of at least 4 members (excludes halogenated alkanes) is 1. The molecule has 0 aromatic heterocycles. The molecule has 0 aliphatic carbocycles. The molecule has 18 heavy (non-hydrogen) atoms. The average molecular weight is 265 g/mol. The molecule has 1 heterocycles. The Bertz CT molecular complexity index is 419. The van der Waals surface area contributed by atoms with E-state index in [9.17, 15) is 0 Å². The Morgan fingerprint density at radius 3 is 2.67 bits per heavy atom. The lowest BCUT2D eigenvalue weighted by Crippen LogP contribution is -1.98. The van der Waals surface area contributed by atoms with Gasteiger partial charge in [0.1, 0.15) is 0 Å². The summed E-state index contributed by atoms with van der Waals surface area (Å²) in [6.45, 7) is 5.35. The van der Waals surface area contributed by atoms with E-state index in [-0.39, 0.29) is 0 Å². The van der Waals surface area contributed by atoms with Gasteiger partial charge in [0.2, 0.25) is 0 Å². The molecule has 1 aliphatic rings. The number of rotatable bonds is 5. The number of allylic oxidation sites excluding steroid dienone is 1. The Morgan fingerprint density at radius 2 is 2.00 bits per heavy atom. The summed E-state index contributed by atoms with van der Waals surface area (Å²) in [5.74, 6) is 1.78. The molecule has 0 radical (unpaired) electrons. The van der Waals surface area contributed by atoms with Gasteiger partial charge in [0.15, 0.2) is 0 Å². The van der Waals surface area contributed by atoms with Crippen LogP contribution in [0.25, 0.3) is 0 Å². The lowest BCUT2D eigenvalue weighted by molar-refractivity contribution is 0.218. The van der Waals surface area contributed by atoms with Crippen molar-refractivity contribution in [1.29, 1.82) is 0 Å². The van der Waals surface area contributed by atoms with E-state index in [0.29, 0.717) is 5.92 Å². The van der Waals surface area contributed by atoms with E-state index in [1.54, 1.807) is 0 Å². The van der Waals surface area contributed by atoms with E-state index < -0.39 is 0 Å². The van der Waals surface area contributed by atoms with Crippen molar-refractivity contribution in [3.8, 4) is 0 Å². The van der Waals surface area contributed by atoms with Crippen molar-refractivity contribution in [2.24, 2.45) is 5.92 Å². The van der Waals surface area contributed by atoms with Gasteiger partial charge in [-0.2, -0.15) is 0 Å². The van der Waals surface area contributed by atoms with Gasteiger partial charge in [-0.05, 0) is 36.1 Å². The van der Waals surface area contributed by atoms with Gasteiger partial charge in [0.05, 0.1) is 12.4 Å². The molecule has 0 amide bonds. The number of hydrogen-bond acceptors (Lipinski definition) is 1. The summed E-state index contributed by atoms with van der Waals surface area (Å²) in [6, 6.07) is 8.06. The molecule has 2 heteroatoms. The monoisotopic (exact) mass is 264 g/mol. The van der Waals surface area contributed by atoms with Crippen molar-refractivity contribution >= 4 is 11.6 Å². The second-order valence-electron chi connectivity index (χ2n) is 5.07. The van der Waals surface area contributed by atoms with E-state index in [1.165, 1.54) is 36.2 Å². The summed E-state index contributed by atoms with van der Waals surface area (Å²) in [5.41, 5.74) is 2.80. The van der Waals surface area contributed by atoms with Crippen LogP contribution in [-0.2, 0) is 11.2 Å². The Hall–Kier alpha value is -0.950. The maximum atomic E-state index is 5.91. The molecule has 1 aromatic rings. The molecule has 0 spiro atoms. The summed E-state index contributed by atoms with van der Waals surface area (Å²) in [7, 11) is 0. The predicted molar refractivity (Wildman–Crippen MR) is 76.8 cm³/mol. The minimum absolute atomic E-state index is 0.582. The second-order valence-corrected chi connectivity index (χ2v) is 5.50. The van der Waals surface area contributed by atoms with Crippen LogP contribution in [0.5, 0.6) is 0 Å². The summed E-state index contributed by atoms with van der Waals surface area (Å²) in [5, 5.41) is 0.791. The van der Waals surface area contributed by atoms with Crippen molar-refractivity contribution in [2.75, 3.05) is 6.61 Å². The Morgan fingerprint density at radius 1 is 1.28 bits per heavy atom. The third-order valence-electron chi connectivity index (χ3n) is 3.54. The van der Waals surface area contributed by atoms with Gasteiger partial charge in [0.25, 0.3) is 0 Å². The maximum absolute atomic E-state index is 5.91. The van der Waals surface area contributed by atoms with E-state index in [1.807, 2.05) is 12.1 Å². The van der Waals surface area contributed by atoms with Gasteiger partial charge in [-0.1, -0.05) is 44.0 Å². The SMILES string of the molecule is CCCCC1=C(Cc2ccc(Cl)cc2)OCC1C. The van der Waals surface area contributed by atoms with E-state index >= 15 is 0 Å². The molecule has 1 atom stereocenters. The zero-order valence-corrected chi connectivity index (χ0v) is 12.0. The maximum Gasteiger partial charge on any atom is 0.0999 e. The molecular formula is C16H21ClO. The highest BCUT2D eigenvalue weighted by Crippen LogP contribution is 2.31. The Labute approximate surface area is 115 Å². The van der Waals surface area contributed by atoms with Crippen LogP contribution in [-0.4, -0.2) is 6.61 Å². The van der Waals surface area contributed by atoms with Crippen molar-refractivity contribution in [3.05, 3.63) is 46.2 Å². The van der Waals surface area contributed by atoms with Gasteiger partial charge < -0.3 is 4.74 Å². The fourth-order valence-corrected chi connectivity index (χ4v) is 2.52. The first-order chi connectivity index (χ1) is 8.70. The fourth-order valence-electron chi connectivity index (χ4n) is 2.40. The van der Waals surface area contributed by atoms with Gasteiger partial charge in [-0.25, -0.2) is 0 Å². The Balaban J connectivity index is 2.10. The van der Waals surface area contributed by atoms with Crippen molar-refractivity contribution in [2.45, 2.75) is 39.5 Å². The van der Waals surface area contributed by atoms with Crippen LogP contribution >= 0.6 is 11.6 Å². The molecule has 1 aliphatic heterocycles. The van der Waals surface area contributed by atoms with E-state index in [4.69, 9.17) is 16.3 Å². The highest BCUT2D eigenvalue weighted by atomic mass is 35.5.